The van der Waals surface area contributed by atoms with Crippen LogP contribution in [0.1, 0.15) is 4.88 Å². The van der Waals surface area contributed by atoms with Crippen molar-refractivity contribution in [3.05, 3.63) is 34.0 Å². The Morgan fingerprint density at radius 3 is 3.00 bits per heavy atom. The Bertz CT molecular complexity index is 677. The summed E-state index contributed by atoms with van der Waals surface area (Å²) in [5.41, 5.74) is 1.53. The maximum Gasteiger partial charge on any atom is 0.182 e. The van der Waals surface area contributed by atoms with Gasteiger partial charge < -0.3 is 9.88 Å². The highest BCUT2D eigenvalue weighted by Crippen LogP contribution is 2.25. The molecular weight excluding hydrogens is 270 g/mol. The maximum absolute atomic E-state index is 5.93. The van der Waals surface area contributed by atoms with Gasteiger partial charge in [-0.1, -0.05) is 11.6 Å². The average Bonchev–Trinajstić information content (AvgIpc) is 2.97. The number of rotatable bonds is 3. The molecule has 18 heavy (non-hydrogen) atoms. The minimum absolute atomic E-state index is 0.677. The number of nitrogens with zero attached hydrogens (tertiary/aromatic N) is 4. The summed E-state index contributed by atoms with van der Waals surface area (Å²) in [7, 11) is 1.98. The molecule has 0 aliphatic rings. The van der Waals surface area contributed by atoms with E-state index in [1.54, 1.807) is 17.7 Å². The molecular formula is C11H10ClN5S. The van der Waals surface area contributed by atoms with Crippen molar-refractivity contribution in [1.29, 1.82) is 0 Å². The molecule has 0 aromatic carbocycles. The third kappa shape index (κ3) is 2.04. The predicted octanol–water partition coefficient (Wildman–Crippen LogP) is 2.70. The highest BCUT2D eigenvalue weighted by Gasteiger charge is 2.11. The Morgan fingerprint density at radius 1 is 1.33 bits per heavy atom. The van der Waals surface area contributed by atoms with Crippen LogP contribution in [0.3, 0.4) is 0 Å². The molecule has 3 aromatic rings. The van der Waals surface area contributed by atoms with Crippen molar-refractivity contribution in [2.24, 2.45) is 0 Å². The number of anilines is 1. The van der Waals surface area contributed by atoms with E-state index in [0.29, 0.717) is 5.65 Å². The first kappa shape index (κ1) is 11.4. The molecule has 3 heterocycles. The van der Waals surface area contributed by atoms with E-state index in [1.165, 1.54) is 11.2 Å². The van der Waals surface area contributed by atoms with E-state index in [0.717, 1.165) is 22.2 Å². The van der Waals surface area contributed by atoms with Crippen molar-refractivity contribution in [2.75, 3.05) is 11.9 Å². The topological polar surface area (TPSA) is 57.7 Å². The summed E-state index contributed by atoms with van der Waals surface area (Å²) in [6, 6.07) is 3.93. The minimum atomic E-state index is 0.677. The van der Waals surface area contributed by atoms with Crippen LogP contribution in [0.5, 0.6) is 0 Å². The van der Waals surface area contributed by atoms with Crippen LogP contribution >= 0.6 is 22.9 Å². The quantitative estimate of drug-likeness (QED) is 0.801. The number of halogens is 1. The van der Waals surface area contributed by atoms with E-state index in [9.17, 15) is 0 Å². The van der Waals surface area contributed by atoms with Crippen molar-refractivity contribution >= 4 is 39.9 Å². The Kier molecular flexibility index (Phi) is 2.89. The Labute approximate surface area is 112 Å². The van der Waals surface area contributed by atoms with Crippen LogP contribution in [0.2, 0.25) is 4.34 Å². The molecule has 0 fully saturated rings. The zero-order valence-electron chi connectivity index (χ0n) is 9.59. The van der Waals surface area contributed by atoms with Gasteiger partial charge in [-0.3, -0.25) is 0 Å². The average molecular weight is 280 g/mol. The second-order valence-electron chi connectivity index (χ2n) is 3.86. The lowest BCUT2D eigenvalue weighted by Gasteiger charge is -2.17. The smallest absolute Gasteiger partial charge is 0.182 e. The molecule has 5 nitrogen and oxygen atoms in total. The van der Waals surface area contributed by atoms with Crippen molar-refractivity contribution < 1.29 is 0 Å². The van der Waals surface area contributed by atoms with Gasteiger partial charge >= 0.3 is 0 Å². The van der Waals surface area contributed by atoms with Crippen molar-refractivity contribution in [3.63, 3.8) is 0 Å². The van der Waals surface area contributed by atoms with E-state index >= 15 is 0 Å². The normalized spacial score (nSPS) is 11.0. The van der Waals surface area contributed by atoms with E-state index in [-0.39, 0.29) is 0 Å². The van der Waals surface area contributed by atoms with Crippen LogP contribution in [-0.4, -0.2) is 27.0 Å². The summed E-state index contributed by atoms with van der Waals surface area (Å²) >= 11 is 7.50. The molecule has 0 atom stereocenters. The van der Waals surface area contributed by atoms with Gasteiger partial charge in [0.25, 0.3) is 0 Å². The number of aromatic amines is 1. The second kappa shape index (κ2) is 4.55. The largest absolute Gasteiger partial charge is 0.353 e. The van der Waals surface area contributed by atoms with Gasteiger partial charge in [-0.05, 0) is 12.1 Å². The molecule has 92 valence electrons. The molecule has 0 aliphatic heterocycles. The number of hydrogen-bond acceptors (Lipinski definition) is 5. The molecule has 0 radical (unpaired) electrons. The van der Waals surface area contributed by atoms with E-state index in [2.05, 4.69) is 19.9 Å². The third-order valence-electron chi connectivity index (χ3n) is 2.59. The van der Waals surface area contributed by atoms with Gasteiger partial charge in [-0.2, -0.15) is 0 Å². The van der Waals surface area contributed by atoms with E-state index in [4.69, 9.17) is 11.6 Å². The molecule has 0 saturated carbocycles. The molecule has 0 amide bonds. The molecule has 0 aliphatic carbocycles. The van der Waals surface area contributed by atoms with Gasteiger partial charge in [0.05, 0.1) is 17.2 Å². The number of fused-ring (bicyclic) bond motifs is 1. The fourth-order valence-corrected chi connectivity index (χ4v) is 2.93. The Hall–Kier alpha value is -1.66. The number of nitrogens with one attached hydrogen (secondary N) is 1. The van der Waals surface area contributed by atoms with Crippen molar-refractivity contribution in [2.45, 2.75) is 6.54 Å². The monoisotopic (exact) mass is 279 g/mol. The van der Waals surface area contributed by atoms with Gasteiger partial charge in [-0.15, -0.1) is 11.3 Å². The number of aromatic nitrogens is 4. The van der Waals surface area contributed by atoms with Crippen LogP contribution in [0, 0.1) is 0 Å². The fraction of sp³-hybridized carbons (Fsp3) is 0.182. The van der Waals surface area contributed by atoms with Gasteiger partial charge in [-0.25, -0.2) is 15.0 Å². The lowest BCUT2D eigenvalue weighted by molar-refractivity contribution is 0.912. The van der Waals surface area contributed by atoms with Gasteiger partial charge in [0, 0.05) is 11.9 Å². The van der Waals surface area contributed by atoms with Gasteiger partial charge in [0.15, 0.2) is 11.5 Å². The summed E-state index contributed by atoms with van der Waals surface area (Å²) in [5.74, 6) is 0.835. The third-order valence-corrected chi connectivity index (χ3v) is 3.80. The Balaban J connectivity index is 1.92. The first-order valence-corrected chi connectivity index (χ1v) is 6.53. The second-order valence-corrected chi connectivity index (χ2v) is 5.66. The molecule has 7 heteroatoms. The van der Waals surface area contributed by atoms with Crippen LogP contribution in [0.15, 0.2) is 24.8 Å². The Morgan fingerprint density at radius 2 is 2.22 bits per heavy atom. The number of hydrogen-bond donors (Lipinski definition) is 1. The first-order valence-electron chi connectivity index (χ1n) is 5.33. The molecule has 1 N–H and O–H groups in total. The summed E-state index contributed by atoms with van der Waals surface area (Å²) in [6.07, 6.45) is 3.15. The highest BCUT2D eigenvalue weighted by molar-refractivity contribution is 7.16. The van der Waals surface area contributed by atoms with Crippen LogP contribution in [0.25, 0.3) is 11.2 Å². The SMILES string of the molecule is CN(Cc1ccc(Cl)s1)c1ncnc2nc[nH]c12. The summed E-state index contributed by atoms with van der Waals surface area (Å²) in [4.78, 5) is 18.8. The number of imidazole rings is 1. The molecule has 3 rings (SSSR count). The predicted molar refractivity (Wildman–Crippen MR) is 73.1 cm³/mol. The molecule has 0 bridgehead atoms. The molecule has 3 aromatic heterocycles. The maximum atomic E-state index is 5.93. The van der Waals surface area contributed by atoms with Crippen LogP contribution < -0.4 is 4.90 Å². The first-order chi connectivity index (χ1) is 8.74. The van der Waals surface area contributed by atoms with Crippen LogP contribution in [0.4, 0.5) is 5.82 Å². The van der Waals surface area contributed by atoms with Crippen molar-refractivity contribution in [1.82, 2.24) is 19.9 Å². The molecule has 0 unspecified atom stereocenters. The zero-order chi connectivity index (χ0) is 12.5. The van der Waals surface area contributed by atoms with E-state index in [1.807, 2.05) is 24.1 Å². The fourth-order valence-electron chi connectivity index (χ4n) is 1.79. The lowest BCUT2D eigenvalue weighted by atomic mass is 10.4. The van der Waals surface area contributed by atoms with Crippen LogP contribution in [-0.2, 0) is 6.54 Å². The molecule has 0 saturated heterocycles. The summed E-state index contributed by atoms with van der Waals surface area (Å²) in [5, 5.41) is 0. The zero-order valence-corrected chi connectivity index (χ0v) is 11.2. The standard InChI is InChI=1S/C11H10ClN5S/c1-17(4-7-2-3-8(12)18-7)11-9-10(14-5-13-9)15-6-16-11/h2-3,5-6H,4H2,1H3,(H,13,14,15,16). The van der Waals surface area contributed by atoms with E-state index < -0.39 is 0 Å². The minimum Gasteiger partial charge on any atom is -0.353 e. The molecule has 0 spiro atoms. The van der Waals surface area contributed by atoms with Gasteiger partial charge in [0.1, 0.15) is 11.8 Å². The number of H-pyrrole nitrogens is 1. The van der Waals surface area contributed by atoms with Gasteiger partial charge in [0.2, 0.25) is 0 Å². The van der Waals surface area contributed by atoms with Crippen molar-refractivity contribution in [3.8, 4) is 0 Å². The summed E-state index contributed by atoms with van der Waals surface area (Å²) in [6.45, 7) is 0.753. The summed E-state index contributed by atoms with van der Waals surface area (Å²) < 4.78 is 0.799. The number of thiophene rings is 1. The lowest BCUT2D eigenvalue weighted by Crippen LogP contribution is -2.17. The highest BCUT2D eigenvalue weighted by atomic mass is 35.5.